The largest absolute Gasteiger partial charge is 0.461 e. The zero-order chi connectivity index (χ0) is 13.9. The van der Waals surface area contributed by atoms with Crippen LogP contribution in [-0.2, 0) is 10.9 Å². The Morgan fingerprint density at radius 3 is 2.67 bits per heavy atom. The first-order valence-electron chi connectivity index (χ1n) is 4.65. The number of alkyl halides is 3. The van der Waals surface area contributed by atoms with Crippen molar-refractivity contribution < 1.29 is 22.7 Å². The summed E-state index contributed by atoms with van der Waals surface area (Å²) in [5.74, 6) is -0.979. The molecule has 0 atom stereocenters. The Hall–Kier alpha value is -1.81. The van der Waals surface area contributed by atoms with Crippen LogP contribution in [0.2, 0.25) is 5.02 Å². The first kappa shape index (κ1) is 14.3. The minimum absolute atomic E-state index is 0.0136. The highest BCUT2D eigenvalue weighted by molar-refractivity contribution is 6.34. The van der Waals surface area contributed by atoms with Crippen molar-refractivity contribution in [1.29, 1.82) is 5.26 Å². The summed E-state index contributed by atoms with van der Waals surface area (Å²) in [6, 6.07) is 1.31. The first-order valence-corrected chi connectivity index (χ1v) is 5.03. The number of nitrogens with zero attached hydrogens (tertiary/aromatic N) is 2. The van der Waals surface area contributed by atoms with E-state index >= 15 is 0 Å². The van der Waals surface area contributed by atoms with Gasteiger partial charge in [-0.2, -0.15) is 18.4 Å². The minimum Gasteiger partial charge on any atom is -0.461 e. The van der Waals surface area contributed by atoms with E-state index in [0.717, 1.165) is 0 Å². The number of rotatable bonds is 2. The molecule has 0 aromatic carbocycles. The summed E-state index contributed by atoms with van der Waals surface area (Å²) in [4.78, 5) is 14.6. The van der Waals surface area contributed by atoms with Gasteiger partial charge in [0.1, 0.15) is 6.07 Å². The number of nitriles is 1. The molecular formula is C10H6ClF3N2O2. The van der Waals surface area contributed by atoms with E-state index in [1.54, 1.807) is 0 Å². The molecule has 0 aliphatic carbocycles. The fraction of sp³-hybridized carbons (Fsp3) is 0.300. The van der Waals surface area contributed by atoms with Gasteiger partial charge in [-0.3, -0.25) is 0 Å². The number of esters is 1. The molecule has 0 N–H and O–H groups in total. The van der Waals surface area contributed by atoms with Crippen molar-refractivity contribution in [3.63, 3.8) is 0 Å². The molecule has 0 amide bonds. The lowest BCUT2D eigenvalue weighted by molar-refractivity contribution is -0.138. The van der Waals surface area contributed by atoms with E-state index in [-0.39, 0.29) is 6.61 Å². The second kappa shape index (κ2) is 5.23. The van der Waals surface area contributed by atoms with E-state index in [9.17, 15) is 18.0 Å². The van der Waals surface area contributed by atoms with E-state index in [0.29, 0.717) is 6.20 Å². The Balaban J connectivity index is 3.40. The lowest BCUT2D eigenvalue weighted by Gasteiger charge is -2.11. The fourth-order valence-electron chi connectivity index (χ4n) is 1.15. The molecule has 0 saturated carbocycles. The van der Waals surface area contributed by atoms with Crippen LogP contribution in [0.15, 0.2) is 6.20 Å². The molecule has 1 aromatic rings. The number of halogens is 4. The molecule has 0 radical (unpaired) electrons. The molecule has 0 aliphatic rings. The lowest BCUT2D eigenvalue weighted by atomic mass is 10.1. The van der Waals surface area contributed by atoms with Crippen LogP contribution < -0.4 is 0 Å². The van der Waals surface area contributed by atoms with Gasteiger partial charge in [0, 0.05) is 6.20 Å². The summed E-state index contributed by atoms with van der Waals surface area (Å²) in [6.45, 7) is 1.53. The normalized spacial score (nSPS) is 10.9. The Labute approximate surface area is 105 Å². The topological polar surface area (TPSA) is 63.0 Å². The van der Waals surface area contributed by atoms with Gasteiger partial charge in [0.05, 0.1) is 22.8 Å². The highest BCUT2D eigenvalue weighted by atomic mass is 35.5. The Bertz CT molecular complexity index is 523. The summed E-state index contributed by atoms with van der Waals surface area (Å²) < 4.78 is 42.1. The maximum Gasteiger partial charge on any atom is 0.419 e. The van der Waals surface area contributed by atoms with Gasteiger partial charge in [-0.05, 0) is 6.92 Å². The lowest BCUT2D eigenvalue weighted by Crippen LogP contribution is -2.14. The SMILES string of the molecule is CCOC(=O)c1ncc(C(F)(F)F)c(C#N)c1Cl. The van der Waals surface area contributed by atoms with Gasteiger partial charge in [-0.25, -0.2) is 9.78 Å². The highest BCUT2D eigenvalue weighted by Crippen LogP contribution is 2.35. The zero-order valence-corrected chi connectivity index (χ0v) is 9.76. The number of carbonyl (C=O) groups excluding carboxylic acids is 1. The van der Waals surface area contributed by atoms with Crippen molar-refractivity contribution in [1.82, 2.24) is 4.98 Å². The number of aromatic nitrogens is 1. The van der Waals surface area contributed by atoms with E-state index in [1.807, 2.05) is 0 Å². The molecule has 0 fully saturated rings. The van der Waals surface area contributed by atoms with Crippen LogP contribution >= 0.6 is 11.6 Å². The summed E-state index contributed by atoms with van der Waals surface area (Å²) in [5.41, 5.74) is -2.65. The first-order chi connectivity index (χ1) is 8.32. The molecule has 4 nitrogen and oxygen atoms in total. The zero-order valence-electron chi connectivity index (χ0n) is 9.01. The van der Waals surface area contributed by atoms with Gasteiger partial charge in [-0.15, -0.1) is 0 Å². The number of carbonyl (C=O) groups is 1. The molecule has 1 rings (SSSR count). The fourth-order valence-corrected chi connectivity index (χ4v) is 1.42. The average Bonchev–Trinajstić information content (AvgIpc) is 2.27. The molecule has 0 aliphatic heterocycles. The Kier molecular flexibility index (Phi) is 4.14. The van der Waals surface area contributed by atoms with E-state index < -0.39 is 34.0 Å². The molecule has 0 unspecified atom stereocenters. The smallest absolute Gasteiger partial charge is 0.419 e. The molecule has 0 spiro atoms. The standard InChI is InChI=1S/C10H6ClF3N2O2/c1-2-18-9(17)8-7(11)5(3-15)6(4-16-8)10(12,13)14/h4H,2H2,1H3. The van der Waals surface area contributed by atoms with Crippen LogP contribution in [0.25, 0.3) is 0 Å². The van der Waals surface area contributed by atoms with Gasteiger partial charge >= 0.3 is 12.1 Å². The number of hydrogen-bond donors (Lipinski definition) is 0. The maximum absolute atomic E-state index is 12.5. The van der Waals surface area contributed by atoms with Crippen molar-refractivity contribution >= 4 is 17.6 Å². The second-order valence-electron chi connectivity index (χ2n) is 3.04. The number of hydrogen-bond acceptors (Lipinski definition) is 4. The van der Waals surface area contributed by atoms with E-state index in [4.69, 9.17) is 16.9 Å². The predicted molar refractivity (Wildman–Crippen MR) is 54.9 cm³/mol. The Morgan fingerprint density at radius 1 is 1.61 bits per heavy atom. The molecule has 18 heavy (non-hydrogen) atoms. The van der Waals surface area contributed by atoms with Gasteiger partial charge in [0.15, 0.2) is 5.69 Å². The van der Waals surface area contributed by atoms with Crippen molar-refractivity contribution in [3.8, 4) is 6.07 Å². The summed E-state index contributed by atoms with van der Waals surface area (Å²) in [6.07, 6.45) is -4.38. The molecule has 96 valence electrons. The van der Waals surface area contributed by atoms with Gasteiger partial charge in [-0.1, -0.05) is 11.6 Å². The van der Waals surface area contributed by atoms with Gasteiger partial charge < -0.3 is 4.74 Å². The molecule has 1 heterocycles. The van der Waals surface area contributed by atoms with E-state index in [2.05, 4.69) is 9.72 Å². The van der Waals surface area contributed by atoms with Crippen molar-refractivity contribution in [2.24, 2.45) is 0 Å². The molecule has 8 heteroatoms. The quantitative estimate of drug-likeness (QED) is 0.780. The van der Waals surface area contributed by atoms with Crippen LogP contribution in [0, 0.1) is 11.3 Å². The van der Waals surface area contributed by atoms with Crippen LogP contribution in [0.4, 0.5) is 13.2 Å². The molecule has 1 aromatic heterocycles. The third kappa shape index (κ3) is 2.71. The van der Waals surface area contributed by atoms with Crippen LogP contribution in [-0.4, -0.2) is 17.6 Å². The summed E-state index contributed by atoms with van der Waals surface area (Å²) in [5, 5.41) is 8.02. The van der Waals surface area contributed by atoms with Crippen molar-refractivity contribution in [3.05, 3.63) is 28.0 Å². The summed E-state index contributed by atoms with van der Waals surface area (Å²) >= 11 is 5.56. The van der Waals surface area contributed by atoms with Crippen LogP contribution in [0.5, 0.6) is 0 Å². The number of ether oxygens (including phenoxy) is 1. The third-order valence-corrected chi connectivity index (χ3v) is 2.27. The van der Waals surface area contributed by atoms with Crippen molar-refractivity contribution in [2.75, 3.05) is 6.61 Å². The monoisotopic (exact) mass is 278 g/mol. The van der Waals surface area contributed by atoms with Crippen molar-refractivity contribution in [2.45, 2.75) is 13.1 Å². The van der Waals surface area contributed by atoms with Crippen LogP contribution in [0.3, 0.4) is 0 Å². The van der Waals surface area contributed by atoms with Crippen LogP contribution in [0.1, 0.15) is 28.5 Å². The Morgan fingerprint density at radius 2 is 2.22 bits per heavy atom. The molecular weight excluding hydrogens is 273 g/mol. The summed E-state index contributed by atoms with van der Waals surface area (Å²) in [7, 11) is 0. The van der Waals surface area contributed by atoms with E-state index in [1.165, 1.54) is 13.0 Å². The van der Waals surface area contributed by atoms with Gasteiger partial charge in [0.2, 0.25) is 0 Å². The third-order valence-electron chi connectivity index (χ3n) is 1.91. The van der Waals surface area contributed by atoms with Gasteiger partial charge in [0.25, 0.3) is 0 Å². The number of pyridine rings is 1. The second-order valence-corrected chi connectivity index (χ2v) is 3.42. The molecule has 0 bridgehead atoms. The molecule has 0 saturated heterocycles. The maximum atomic E-state index is 12.5. The average molecular weight is 279 g/mol. The highest BCUT2D eigenvalue weighted by Gasteiger charge is 2.36. The predicted octanol–water partition coefficient (Wildman–Crippen LogP) is 2.80. The minimum atomic E-state index is -4.77.